The monoisotopic (exact) mass is 442 g/mol. The third-order valence-corrected chi connectivity index (χ3v) is 6.35. The van der Waals surface area contributed by atoms with Crippen LogP contribution in [0, 0.1) is 6.92 Å². The van der Waals surface area contributed by atoms with Crippen molar-refractivity contribution in [1.29, 1.82) is 0 Å². The summed E-state index contributed by atoms with van der Waals surface area (Å²) in [6.45, 7) is 6.50. The zero-order valence-corrected chi connectivity index (χ0v) is 18.8. The van der Waals surface area contributed by atoms with E-state index in [1.165, 1.54) is 5.69 Å². The molecule has 1 atom stereocenters. The Kier molecular flexibility index (Phi) is 5.50. The average molecular weight is 443 g/mol. The number of hydrogen-bond donors (Lipinski definition) is 0. The topological polar surface area (TPSA) is 63.0 Å². The predicted molar refractivity (Wildman–Crippen MR) is 130 cm³/mol. The maximum absolute atomic E-state index is 13.1. The smallest absolute Gasteiger partial charge is 0.344 e. The first-order valence-electron chi connectivity index (χ1n) is 11.2. The van der Waals surface area contributed by atoms with Crippen molar-refractivity contribution in [2.75, 3.05) is 31.1 Å². The number of fused-ring (bicyclic) bond motifs is 3. The number of ether oxygens (including phenoxy) is 1. The van der Waals surface area contributed by atoms with Gasteiger partial charge in [-0.15, -0.1) is 0 Å². The maximum Gasteiger partial charge on any atom is 0.344 e. The maximum atomic E-state index is 13.1. The van der Waals surface area contributed by atoms with Gasteiger partial charge in [-0.1, -0.05) is 36.4 Å². The first-order valence-corrected chi connectivity index (χ1v) is 11.2. The van der Waals surface area contributed by atoms with Crippen LogP contribution < -0.4 is 15.3 Å². The van der Waals surface area contributed by atoms with Crippen LogP contribution in [0.3, 0.4) is 0 Å². The van der Waals surface area contributed by atoms with Gasteiger partial charge in [-0.05, 0) is 49.6 Å². The average Bonchev–Trinajstić information content (AvgIpc) is 2.86. The second-order valence-electron chi connectivity index (χ2n) is 8.41. The van der Waals surface area contributed by atoms with Gasteiger partial charge in [-0.2, -0.15) is 0 Å². The SMILES string of the molecule is Cc1c(O[C@@H](C)C(=O)N2CCN(c3ccccc3)CC2)ccc2c1oc(=O)c1ccccc12. The molecule has 0 bridgehead atoms. The molecule has 168 valence electrons. The van der Waals surface area contributed by atoms with Crippen LogP contribution in [0.25, 0.3) is 21.7 Å². The van der Waals surface area contributed by atoms with Crippen molar-refractivity contribution >= 4 is 33.3 Å². The zero-order chi connectivity index (χ0) is 22.9. The molecule has 1 aliphatic rings. The van der Waals surface area contributed by atoms with Crippen LogP contribution in [0.4, 0.5) is 5.69 Å². The van der Waals surface area contributed by atoms with Crippen LogP contribution >= 0.6 is 0 Å². The van der Waals surface area contributed by atoms with Crippen LogP contribution in [-0.4, -0.2) is 43.1 Å². The minimum absolute atomic E-state index is 0.0397. The van der Waals surface area contributed by atoms with Gasteiger partial charge in [0.15, 0.2) is 6.10 Å². The number of nitrogens with zero attached hydrogens (tertiary/aromatic N) is 2. The Morgan fingerprint density at radius 3 is 2.27 bits per heavy atom. The molecule has 0 N–H and O–H groups in total. The summed E-state index contributed by atoms with van der Waals surface area (Å²) in [5, 5.41) is 2.25. The Balaban J connectivity index is 1.32. The second-order valence-corrected chi connectivity index (χ2v) is 8.41. The fourth-order valence-corrected chi connectivity index (χ4v) is 4.51. The Bertz CT molecular complexity index is 1370. The van der Waals surface area contributed by atoms with Gasteiger partial charge in [-0.25, -0.2) is 4.79 Å². The normalized spacial score (nSPS) is 15.1. The lowest BCUT2D eigenvalue weighted by Crippen LogP contribution is -2.52. The molecule has 0 saturated carbocycles. The molecular weight excluding hydrogens is 416 g/mol. The van der Waals surface area contributed by atoms with Crippen molar-refractivity contribution in [3.8, 4) is 5.75 Å². The van der Waals surface area contributed by atoms with E-state index in [0.717, 1.165) is 23.9 Å². The summed E-state index contributed by atoms with van der Waals surface area (Å²) < 4.78 is 11.7. The summed E-state index contributed by atoms with van der Waals surface area (Å²) in [4.78, 5) is 29.7. The van der Waals surface area contributed by atoms with Crippen molar-refractivity contribution in [3.63, 3.8) is 0 Å². The molecule has 1 saturated heterocycles. The van der Waals surface area contributed by atoms with Crippen molar-refractivity contribution in [2.24, 2.45) is 0 Å². The van der Waals surface area contributed by atoms with Crippen LogP contribution in [0.1, 0.15) is 12.5 Å². The first-order chi connectivity index (χ1) is 16.0. The van der Waals surface area contributed by atoms with Gasteiger partial charge in [0.2, 0.25) is 0 Å². The predicted octanol–water partition coefficient (Wildman–Crippen LogP) is 4.37. The number of anilines is 1. The highest BCUT2D eigenvalue weighted by molar-refractivity contribution is 6.05. The highest BCUT2D eigenvalue weighted by atomic mass is 16.5. The van der Waals surface area contributed by atoms with Crippen LogP contribution in [0.2, 0.25) is 0 Å². The quantitative estimate of drug-likeness (QED) is 0.347. The Morgan fingerprint density at radius 1 is 0.879 bits per heavy atom. The number of para-hydroxylation sites is 1. The number of aryl methyl sites for hydroxylation is 1. The summed E-state index contributed by atoms with van der Waals surface area (Å²) in [5.41, 5.74) is 2.00. The molecule has 1 aromatic heterocycles. The highest BCUT2D eigenvalue weighted by Gasteiger charge is 2.27. The summed E-state index contributed by atoms with van der Waals surface area (Å²) >= 11 is 0. The van der Waals surface area contributed by atoms with Gasteiger partial charge < -0.3 is 19.0 Å². The molecule has 0 unspecified atom stereocenters. The molecule has 0 radical (unpaired) electrons. The lowest BCUT2D eigenvalue weighted by Gasteiger charge is -2.37. The number of carbonyl (C=O) groups is 1. The largest absolute Gasteiger partial charge is 0.480 e. The van der Waals surface area contributed by atoms with Gasteiger partial charge in [-0.3, -0.25) is 4.79 Å². The molecular formula is C27H26N2O4. The van der Waals surface area contributed by atoms with Crippen molar-refractivity contribution < 1.29 is 13.9 Å². The molecule has 4 aromatic rings. The molecule has 1 fully saturated rings. The fourth-order valence-electron chi connectivity index (χ4n) is 4.51. The molecule has 1 amide bonds. The third kappa shape index (κ3) is 3.93. The summed E-state index contributed by atoms with van der Waals surface area (Å²) in [7, 11) is 0. The molecule has 3 aromatic carbocycles. The van der Waals surface area contributed by atoms with Crippen molar-refractivity contribution in [3.05, 3.63) is 82.7 Å². The van der Waals surface area contributed by atoms with E-state index in [-0.39, 0.29) is 11.5 Å². The number of rotatable bonds is 4. The first kappa shape index (κ1) is 21.1. The standard InChI is InChI=1S/C27H26N2O4/c1-18-24(13-12-22-21-10-6-7-11-23(21)27(31)33-25(18)22)32-19(2)26(30)29-16-14-28(15-17-29)20-8-4-3-5-9-20/h3-13,19H,14-17H2,1-2H3/t19-/m0/s1. The molecule has 0 aliphatic carbocycles. The highest BCUT2D eigenvalue weighted by Crippen LogP contribution is 2.31. The van der Waals surface area contributed by atoms with Gasteiger partial charge in [0.05, 0.1) is 5.39 Å². The Labute approximate surface area is 192 Å². The number of benzene rings is 3. The summed E-state index contributed by atoms with van der Waals surface area (Å²) in [5.74, 6) is 0.506. The van der Waals surface area contributed by atoms with Crippen LogP contribution in [-0.2, 0) is 4.79 Å². The van der Waals surface area contributed by atoms with Gasteiger partial charge >= 0.3 is 5.63 Å². The lowest BCUT2D eigenvalue weighted by atomic mass is 10.0. The summed E-state index contributed by atoms with van der Waals surface area (Å²) in [6.07, 6.45) is -0.642. The van der Waals surface area contributed by atoms with Gasteiger partial charge in [0.1, 0.15) is 11.3 Å². The third-order valence-electron chi connectivity index (χ3n) is 6.35. The Hall–Kier alpha value is -3.80. The van der Waals surface area contributed by atoms with E-state index in [1.807, 2.05) is 60.4 Å². The van der Waals surface area contributed by atoms with E-state index in [9.17, 15) is 9.59 Å². The van der Waals surface area contributed by atoms with E-state index in [2.05, 4.69) is 17.0 Å². The molecule has 1 aliphatic heterocycles. The molecule has 0 spiro atoms. The molecule has 6 heteroatoms. The molecule has 33 heavy (non-hydrogen) atoms. The minimum atomic E-state index is -0.642. The van der Waals surface area contributed by atoms with E-state index >= 15 is 0 Å². The molecule has 2 heterocycles. The zero-order valence-electron chi connectivity index (χ0n) is 18.8. The van der Waals surface area contributed by atoms with Gasteiger partial charge in [0.25, 0.3) is 5.91 Å². The van der Waals surface area contributed by atoms with Crippen LogP contribution in [0.5, 0.6) is 5.75 Å². The lowest BCUT2D eigenvalue weighted by molar-refractivity contribution is -0.138. The van der Waals surface area contributed by atoms with Gasteiger partial charge in [0, 0.05) is 42.8 Å². The number of carbonyl (C=O) groups excluding carboxylic acids is 1. The number of piperazine rings is 1. The van der Waals surface area contributed by atoms with E-state index in [0.29, 0.717) is 35.4 Å². The molecule has 6 nitrogen and oxygen atoms in total. The summed E-state index contributed by atoms with van der Waals surface area (Å²) in [6, 6.07) is 21.4. The van der Waals surface area contributed by atoms with Crippen LogP contribution in [0.15, 0.2) is 75.9 Å². The fraction of sp³-hybridized carbons (Fsp3) is 0.259. The minimum Gasteiger partial charge on any atom is -0.480 e. The number of hydrogen-bond acceptors (Lipinski definition) is 5. The van der Waals surface area contributed by atoms with E-state index < -0.39 is 6.10 Å². The van der Waals surface area contributed by atoms with Crippen molar-refractivity contribution in [2.45, 2.75) is 20.0 Å². The number of amides is 1. The Morgan fingerprint density at radius 2 is 1.55 bits per heavy atom. The van der Waals surface area contributed by atoms with E-state index in [1.54, 1.807) is 13.0 Å². The molecule has 5 rings (SSSR count). The second kappa shape index (κ2) is 8.62. The van der Waals surface area contributed by atoms with Crippen molar-refractivity contribution in [1.82, 2.24) is 4.90 Å². The van der Waals surface area contributed by atoms with E-state index in [4.69, 9.17) is 9.15 Å².